The predicted molar refractivity (Wildman–Crippen MR) is 86.8 cm³/mol. The maximum atomic E-state index is 12.3. The molecule has 0 bridgehead atoms. The van der Waals surface area contributed by atoms with Gasteiger partial charge in [0.15, 0.2) is 0 Å². The highest BCUT2D eigenvalue weighted by atomic mass is 79.9. The highest BCUT2D eigenvalue weighted by Crippen LogP contribution is 2.25. The molecule has 1 aromatic carbocycles. The molecule has 0 saturated carbocycles. The Bertz CT molecular complexity index is 609. The van der Waals surface area contributed by atoms with Gasteiger partial charge in [0.2, 0.25) is 0 Å². The second kappa shape index (κ2) is 6.20. The first-order chi connectivity index (χ1) is 8.97. The fourth-order valence-corrected chi connectivity index (χ4v) is 3.37. The minimum Gasteiger partial charge on any atom is -0.345 e. The average Bonchev–Trinajstić information content (AvgIpc) is 2.79. The summed E-state index contributed by atoms with van der Waals surface area (Å²) in [4.78, 5) is 14.7. The summed E-state index contributed by atoms with van der Waals surface area (Å²) in [7, 11) is 0. The third kappa shape index (κ3) is 3.68. The lowest BCUT2D eigenvalue weighted by atomic mass is 10.2. The number of nitrogens with one attached hydrogen (secondary N) is 1. The summed E-state index contributed by atoms with van der Waals surface area (Å²) in [6, 6.07) is 9.70. The molecule has 2 rings (SSSR count). The van der Waals surface area contributed by atoms with Gasteiger partial charge in [0.1, 0.15) is 0 Å². The van der Waals surface area contributed by atoms with Gasteiger partial charge in [-0.05, 0) is 60.1 Å². The van der Waals surface area contributed by atoms with Crippen molar-refractivity contribution < 1.29 is 4.79 Å². The van der Waals surface area contributed by atoms with E-state index in [-0.39, 0.29) is 11.9 Å². The molecular formula is C14H13Br2NOS. The maximum Gasteiger partial charge on any atom is 0.252 e. The van der Waals surface area contributed by atoms with Gasteiger partial charge >= 0.3 is 0 Å². The zero-order valence-electron chi connectivity index (χ0n) is 10.5. The Morgan fingerprint density at radius 1 is 1.26 bits per heavy atom. The molecule has 1 atom stereocenters. The van der Waals surface area contributed by atoms with E-state index >= 15 is 0 Å². The number of aryl methyl sites for hydroxylation is 1. The molecule has 0 fully saturated rings. The SMILES string of the molecule is Cc1ccc(C(C)NC(=O)c2cc(Br)ccc2Br)s1. The number of halogens is 2. The first-order valence-corrected chi connectivity index (χ1v) is 8.20. The summed E-state index contributed by atoms with van der Waals surface area (Å²) >= 11 is 8.49. The van der Waals surface area contributed by atoms with Gasteiger partial charge in [0, 0.05) is 18.7 Å². The molecule has 1 N–H and O–H groups in total. The first-order valence-electron chi connectivity index (χ1n) is 5.79. The lowest BCUT2D eigenvalue weighted by Crippen LogP contribution is -2.26. The second-order valence-electron chi connectivity index (χ2n) is 4.27. The van der Waals surface area contributed by atoms with E-state index in [1.165, 1.54) is 4.88 Å². The summed E-state index contributed by atoms with van der Waals surface area (Å²) in [6.45, 7) is 4.06. The largest absolute Gasteiger partial charge is 0.345 e. The molecule has 0 spiro atoms. The van der Waals surface area contributed by atoms with Crippen LogP contribution < -0.4 is 5.32 Å². The molecule has 0 aliphatic heterocycles. The summed E-state index contributed by atoms with van der Waals surface area (Å²) in [5, 5.41) is 3.01. The van der Waals surface area contributed by atoms with Gasteiger partial charge in [0.25, 0.3) is 5.91 Å². The Balaban J connectivity index is 2.15. The van der Waals surface area contributed by atoms with E-state index in [9.17, 15) is 4.79 Å². The number of carbonyl (C=O) groups is 1. The van der Waals surface area contributed by atoms with Crippen LogP contribution in [0.15, 0.2) is 39.3 Å². The van der Waals surface area contributed by atoms with E-state index in [0.29, 0.717) is 5.56 Å². The van der Waals surface area contributed by atoms with Crippen molar-refractivity contribution in [3.63, 3.8) is 0 Å². The minimum atomic E-state index is -0.0771. The lowest BCUT2D eigenvalue weighted by molar-refractivity contribution is 0.0939. The molecule has 0 aliphatic rings. The van der Waals surface area contributed by atoms with Crippen molar-refractivity contribution in [3.05, 3.63) is 54.6 Å². The van der Waals surface area contributed by atoms with E-state index in [1.54, 1.807) is 11.3 Å². The molecule has 19 heavy (non-hydrogen) atoms. The van der Waals surface area contributed by atoms with Crippen molar-refractivity contribution in [2.24, 2.45) is 0 Å². The van der Waals surface area contributed by atoms with Gasteiger partial charge in [-0.1, -0.05) is 15.9 Å². The van der Waals surface area contributed by atoms with Crippen LogP contribution in [-0.2, 0) is 0 Å². The van der Waals surface area contributed by atoms with Gasteiger partial charge < -0.3 is 5.32 Å². The van der Waals surface area contributed by atoms with Gasteiger partial charge in [-0.25, -0.2) is 0 Å². The lowest BCUT2D eigenvalue weighted by Gasteiger charge is -2.13. The molecule has 2 aromatic rings. The molecule has 5 heteroatoms. The molecule has 0 radical (unpaired) electrons. The Kier molecular flexibility index (Phi) is 4.81. The van der Waals surface area contributed by atoms with Crippen molar-refractivity contribution >= 4 is 49.1 Å². The fourth-order valence-electron chi connectivity index (χ4n) is 1.70. The van der Waals surface area contributed by atoms with Crippen LogP contribution in [0.5, 0.6) is 0 Å². The number of benzene rings is 1. The molecule has 0 aliphatic carbocycles. The van der Waals surface area contributed by atoms with E-state index in [4.69, 9.17) is 0 Å². The highest BCUT2D eigenvalue weighted by Gasteiger charge is 2.15. The molecule has 2 nitrogen and oxygen atoms in total. The molecule has 1 aromatic heterocycles. The third-order valence-corrected chi connectivity index (χ3v) is 5.08. The predicted octanol–water partition coefficient (Wildman–Crippen LogP) is 5.07. The number of thiophene rings is 1. The van der Waals surface area contributed by atoms with Crippen molar-refractivity contribution in [2.75, 3.05) is 0 Å². The Hall–Kier alpha value is -0.650. The van der Waals surface area contributed by atoms with Crippen LogP contribution in [-0.4, -0.2) is 5.91 Å². The van der Waals surface area contributed by atoms with E-state index in [2.05, 4.69) is 56.2 Å². The maximum absolute atomic E-state index is 12.3. The smallest absolute Gasteiger partial charge is 0.252 e. The van der Waals surface area contributed by atoms with Crippen molar-refractivity contribution in [1.82, 2.24) is 5.32 Å². The number of hydrogen-bond donors (Lipinski definition) is 1. The zero-order valence-corrected chi connectivity index (χ0v) is 14.5. The average molecular weight is 403 g/mol. The number of carbonyl (C=O) groups excluding carboxylic acids is 1. The van der Waals surface area contributed by atoms with Crippen molar-refractivity contribution in [1.29, 1.82) is 0 Å². The van der Waals surface area contributed by atoms with E-state index in [0.717, 1.165) is 13.8 Å². The van der Waals surface area contributed by atoms with Crippen LogP contribution in [0, 0.1) is 6.92 Å². The van der Waals surface area contributed by atoms with Gasteiger partial charge in [0.05, 0.1) is 11.6 Å². The number of amides is 1. The van der Waals surface area contributed by atoms with Gasteiger partial charge in [-0.15, -0.1) is 11.3 Å². The molecular weight excluding hydrogens is 390 g/mol. The van der Waals surface area contributed by atoms with Crippen molar-refractivity contribution in [3.8, 4) is 0 Å². The molecule has 0 saturated heterocycles. The molecule has 1 heterocycles. The number of rotatable bonds is 3. The number of hydrogen-bond acceptors (Lipinski definition) is 2. The Morgan fingerprint density at radius 3 is 2.63 bits per heavy atom. The Morgan fingerprint density at radius 2 is 2.00 bits per heavy atom. The standard InChI is InChI=1S/C14H13Br2NOS/c1-8-3-6-13(19-8)9(2)17-14(18)11-7-10(15)4-5-12(11)16/h3-7,9H,1-2H3,(H,17,18). The van der Waals surface area contributed by atoms with Crippen LogP contribution in [0.2, 0.25) is 0 Å². The molecule has 1 amide bonds. The van der Waals surface area contributed by atoms with Crippen LogP contribution in [0.1, 0.15) is 33.1 Å². The van der Waals surface area contributed by atoms with Crippen LogP contribution >= 0.6 is 43.2 Å². The van der Waals surface area contributed by atoms with Crippen LogP contribution in [0.25, 0.3) is 0 Å². The summed E-state index contributed by atoms with van der Waals surface area (Å²) in [5.41, 5.74) is 0.634. The van der Waals surface area contributed by atoms with Gasteiger partial charge in [-0.2, -0.15) is 0 Å². The monoisotopic (exact) mass is 401 g/mol. The van der Waals surface area contributed by atoms with E-state index in [1.807, 2.05) is 25.1 Å². The van der Waals surface area contributed by atoms with Crippen LogP contribution in [0.3, 0.4) is 0 Å². The summed E-state index contributed by atoms with van der Waals surface area (Å²) < 4.78 is 1.68. The first kappa shape index (κ1) is 14.8. The highest BCUT2D eigenvalue weighted by molar-refractivity contribution is 9.11. The normalized spacial score (nSPS) is 12.2. The minimum absolute atomic E-state index is 0.0112. The van der Waals surface area contributed by atoms with Gasteiger partial charge in [-0.3, -0.25) is 4.79 Å². The molecule has 100 valence electrons. The van der Waals surface area contributed by atoms with Crippen LogP contribution in [0.4, 0.5) is 0 Å². The van der Waals surface area contributed by atoms with Crippen molar-refractivity contribution in [2.45, 2.75) is 19.9 Å². The molecule has 1 unspecified atom stereocenters. The topological polar surface area (TPSA) is 29.1 Å². The summed E-state index contributed by atoms with van der Waals surface area (Å²) in [5.74, 6) is -0.0771. The zero-order chi connectivity index (χ0) is 14.0. The Labute approximate surface area is 133 Å². The second-order valence-corrected chi connectivity index (χ2v) is 7.36. The fraction of sp³-hybridized carbons (Fsp3) is 0.214. The summed E-state index contributed by atoms with van der Waals surface area (Å²) in [6.07, 6.45) is 0. The van der Waals surface area contributed by atoms with E-state index < -0.39 is 0 Å². The third-order valence-electron chi connectivity index (χ3n) is 2.71. The quantitative estimate of drug-likeness (QED) is 0.762.